The predicted octanol–water partition coefficient (Wildman–Crippen LogP) is 3.59. The first-order valence-electron chi connectivity index (χ1n) is 9.47. The second-order valence-electron chi connectivity index (χ2n) is 6.04. The Bertz CT molecular complexity index is 673. The molecule has 0 aliphatic carbocycles. The van der Waals surface area contributed by atoms with Crippen molar-refractivity contribution in [3.8, 4) is 5.75 Å². The summed E-state index contributed by atoms with van der Waals surface area (Å²) in [5, 5.41) is 9.07. The van der Waals surface area contributed by atoms with Gasteiger partial charge in [0, 0.05) is 33.4 Å². The number of guanidine groups is 1. The van der Waals surface area contributed by atoms with Crippen molar-refractivity contribution in [1.82, 2.24) is 10.6 Å². The Morgan fingerprint density at radius 3 is 2.46 bits per heavy atom. The molecule has 0 aromatic heterocycles. The Hall–Kier alpha value is -2.27. The minimum Gasteiger partial charge on any atom is -0.494 e. The fraction of sp³-hybridized carbons (Fsp3) is 0.476. The average molecular weight is 357 g/mol. The van der Waals surface area contributed by atoms with E-state index in [1.807, 2.05) is 19.1 Å². The molecular formula is C21H31N3O2. The molecule has 5 nitrogen and oxygen atoms in total. The Morgan fingerprint density at radius 1 is 0.923 bits per heavy atom. The van der Waals surface area contributed by atoms with Crippen molar-refractivity contribution in [3.05, 3.63) is 42.5 Å². The van der Waals surface area contributed by atoms with Crippen LogP contribution in [0.3, 0.4) is 0 Å². The smallest absolute Gasteiger partial charge is 0.190 e. The zero-order valence-electron chi connectivity index (χ0n) is 16.0. The van der Waals surface area contributed by atoms with Gasteiger partial charge in [0.2, 0.25) is 0 Å². The van der Waals surface area contributed by atoms with Crippen LogP contribution in [0.1, 0.15) is 26.2 Å². The van der Waals surface area contributed by atoms with Crippen LogP contribution in [0, 0.1) is 0 Å². The third-order valence-corrected chi connectivity index (χ3v) is 4.04. The van der Waals surface area contributed by atoms with E-state index < -0.39 is 0 Å². The largest absolute Gasteiger partial charge is 0.494 e. The summed E-state index contributed by atoms with van der Waals surface area (Å²) in [6.45, 7) is 6.05. The van der Waals surface area contributed by atoms with Gasteiger partial charge in [0.1, 0.15) is 5.75 Å². The summed E-state index contributed by atoms with van der Waals surface area (Å²) in [4.78, 5) is 4.23. The number of nitrogens with zero attached hydrogens (tertiary/aromatic N) is 1. The molecule has 0 unspecified atom stereocenters. The van der Waals surface area contributed by atoms with Crippen LogP contribution in [0.25, 0.3) is 10.8 Å². The van der Waals surface area contributed by atoms with E-state index in [1.165, 1.54) is 10.8 Å². The molecule has 0 bridgehead atoms. The maximum absolute atomic E-state index is 5.85. The third kappa shape index (κ3) is 7.31. The van der Waals surface area contributed by atoms with E-state index in [-0.39, 0.29) is 0 Å². The number of unbranched alkanes of at least 4 members (excludes halogenated alkanes) is 1. The molecule has 0 saturated carbocycles. The second kappa shape index (κ2) is 12.1. The van der Waals surface area contributed by atoms with Gasteiger partial charge < -0.3 is 20.1 Å². The molecule has 0 radical (unpaired) electrons. The van der Waals surface area contributed by atoms with Crippen molar-refractivity contribution < 1.29 is 9.47 Å². The molecular weight excluding hydrogens is 326 g/mol. The quantitative estimate of drug-likeness (QED) is 0.367. The highest BCUT2D eigenvalue weighted by molar-refractivity contribution is 5.83. The van der Waals surface area contributed by atoms with Gasteiger partial charge >= 0.3 is 0 Å². The number of ether oxygens (including phenoxy) is 2. The fourth-order valence-corrected chi connectivity index (χ4v) is 2.63. The van der Waals surface area contributed by atoms with E-state index in [0.29, 0.717) is 6.61 Å². The van der Waals surface area contributed by atoms with Crippen LogP contribution in [0.2, 0.25) is 0 Å². The van der Waals surface area contributed by atoms with Crippen molar-refractivity contribution in [3.63, 3.8) is 0 Å². The van der Waals surface area contributed by atoms with Crippen LogP contribution >= 0.6 is 0 Å². The lowest BCUT2D eigenvalue weighted by atomic mass is 10.1. The highest BCUT2D eigenvalue weighted by Crippen LogP contribution is 2.20. The molecule has 0 amide bonds. The van der Waals surface area contributed by atoms with Crippen LogP contribution in [0.15, 0.2) is 47.5 Å². The summed E-state index contributed by atoms with van der Waals surface area (Å²) in [7, 11) is 1.79. The molecule has 0 atom stereocenters. The summed E-state index contributed by atoms with van der Waals surface area (Å²) in [5.41, 5.74) is 0. The van der Waals surface area contributed by atoms with Gasteiger partial charge in [-0.05, 0) is 49.1 Å². The normalized spacial score (nSPS) is 11.5. The molecule has 142 valence electrons. The van der Waals surface area contributed by atoms with Gasteiger partial charge in [-0.2, -0.15) is 0 Å². The molecule has 0 aliphatic rings. The highest BCUT2D eigenvalue weighted by atomic mass is 16.5. The summed E-state index contributed by atoms with van der Waals surface area (Å²) < 4.78 is 11.2. The molecule has 0 fully saturated rings. The van der Waals surface area contributed by atoms with Gasteiger partial charge in [-0.15, -0.1) is 0 Å². The molecule has 5 heteroatoms. The van der Waals surface area contributed by atoms with E-state index in [2.05, 4.69) is 46.0 Å². The molecule has 2 aromatic rings. The van der Waals surface area contributed by atoms with Crippen molar-refractivity contribution in [2.75, 3.05) is 40.0 Å². The Kier molecular flexibility index (Phi) is 9.36. The lowest BCUT2D eigenvalue weighted by Crippen LogP contribution is -2.38. The van der Waals surface area contributed by atoms with Crippen LogP contribution in [0.5, 0.6) is 5.75 Å². The highest BCUT2D eigenvalue weighted by Gasteiger charge is 1.99. The van der Waals surface area contributed by atoms with Gasteiger partial charge in [-0.3, -0.25) is 4.99 Å². The van der Waals surface area contributed by atoms with Gasteiger partial charge in [0.05, 0.1) is 6.61 Å². The first kappa shape index (κ1) is 20.0. The minimum atomic E-state index is 0.677. The number of fused-ring (bicyclic) bond motifs is 1. The predicted molar refractivity (Wildman–Crippen MR) is 109 cm³/mol. The van der Waals surface area contributed by atoms with Gasteiger partial charge in [-0.25, -0.2) is 0 Å². The first-order valence-corrected chi connectivity index (χ1v) is 9.47. The van der Waals surface area contributed by atoms with Crippen molar-refractivity contribution in [2.24, 2.45) is 4.99 Å². The van der Waals surface area contributed by atoms with Crippen LogP contribution in [0.4, 0.5) is 0 Å². The molecule has 0 aliphatic heterocycles. The monoisotopic (exact) mass is 357 g/mol. The Balaban J connectivity index is 1.58. The molecule has 2 rings (SSSR count). The summed E-state index contributed by atoms with van der Waals surface area (Å²) in [6, 6.07) is 14.5. The molecule has 0 saturated heterocycles. The molecule has 26 heavy (non-hydrogen) atoms. The Labute approximate surface area is 156 Å². The SMILES string of the molecule is CCOCCCCNC(=NC)NCCCOc1ccc2ccccc2c1. The van der Waals surface area contributed by atoms with Crippen molar-refractivity contribution in [1.29, 1.82) is 0 Å². The van der Waals surface area contributed by atoms with Gasteiger partial charge in [0.25, 0.3) is 0 Å². The summed E-state index contributed by atoms with van der Waals surface area (Å²) in [5.74, 6) is 1.76. The standard InChI is InChI=1S/C21H31N3O2/c1-3-25-15-7-6-13-23-21(22-2)24-14-8-16-26-20-12-11-18-9-4-5-10-19(18)17-20/h4-5,9-12,17H,3,6-8,13-16H2,1-2H3,(H2,22,23,24). The molecule has 2 N–H and O–H groups in total. The average Bonchev–Trinajstić information content (AvgIpc) is 2.68. The van der Waals surface area contributed by atoms with Crippen LogP contribution < -0.4 is 15.4 Å². The van der Waals surface area contributed by atoms with E-state index in [4.69, 9.17) is 9.47 Å². The van der Waals surface area contributed by atoms with Gasteiger partial charge in [0.15, 0.2) is 5.96 Å². The number of rotatable bonds is 11. The zero-order chi connectivity index (χ0) is 18.5. The zero-order valence-corrected chi connectivity index (χ0v) is 16.0. The van der Waals surface area contributed by atoms with E-state index >= 15 is 0 Å². The van der Waals surface area contributed by atoms with E-state index in [1.54, 1.807) is 7.05 Å². The summed E-state index contributed by atoms with van der Waals surface area (Å²) >= 11 is 0. The summed E-state index contributed by atoms with van der Waals surface area (Å²) in [6.07, 6.45) is 3.06. The topological polar surface area (TPSA) is 54.9 Å². The van der Waals surface area contributed by atoms with Crippen LogP contribution in [-0.4, -0.2) is 45.9 Å². The Morgan fingerprint density at radius 2 is 1.69 bits per heavy atom. The number of hydrogen-bond acceptors (Lipinski definition) is 3. The number of nitrogens with one attached hydrogen (secondary N) is 2. The lowest BCUT2D eigenvalue weighted by molar-refractivity contribution is 0.143. The number of hydrogen-bond donors (Lipinski definition) is 2. The maximum atomic E-state index is 5.85. The fourth-order valence-electron chi connectivity index (χ4n) is 2.63. The second-order valence-corrected chi connectivity index (χ2v) is 6.04. The number of benzene rings is 2. The van der Waals surface area contributed by atoms with Crippen LogP contribution in [-0.2, 0) is 4.74 Å². The lowest BCUT2D eigenvalue weighted by Gasteiger charge is -2.12. The van der Waals surface area contributed by atoms with Crippen molar-refractivity contribution in [2.45, 2.75) is 26.2 Å². The van der Waals surface area contributed by atoms with E-state index in [9.17, 15) is 0 Å². The van der Waals surface area contributed by atoms with E-state index in [0.717, 1.165) is 57.3 Å². The molecule has 0 spiro atoms. The third-order valence-electron chi connectivity index (χ3n) is 4.04. The first-order chi connectivity index (χ1) is 12.8. The minimum absolute atomic E-state index is 0.677. The molecule has 2 aromatic carbocycles. The van der Waals surface area contributed by atoms with Crippen molar-refractivity contribution >= 4 is 16.7 Å². The number of aliphatic imine (C=N–C) groups is 1. The maximum Gasteiger partial charge on any atom is 0.190 e. The van der Waals surface area contributed by atoms with Gasteiger partial charge in [-0.1, -0.05) is 30.3 Å². The molecule has 0 heterocycles.